The molecule has 0 saturated carbocycles. The maximum Gasteiger partial charge on any atom is 0.220 e. The smallest absolute Gasteiger partial charge is 0.220 e. The molecule has 0 spiro atoms. The van der Waals surface area contributed by atoms with Gasteiger partial charge in [0.05, 0.1) is 18.8 Å². The molecule has 0 fully saturated rings. The van der Waals surface area contributed by atoms with E-state index in [1.807, 2.05) is 0 Å². The lowest BCUT2D eigenvalue weighted by Crippen LogP contribution is -2.50. The fourth-order valence-electron chi connectivity index (χ4n) is 5.57. The Hall–Kier alpha value is -1.17. The summed E-state index contributed by atoms with van der Waals surface area (Å²) in [6.07, 6.45) is 38.4. The van der Waals surface area contributed by atoms with E-state index in [1.165, 1.54) is 122 Å². The van der Waals surface area contributed by atoms with Gasteiger partial charge in [-0.25, -0.2) is 0 Å². The summed E-state index contributed by atoms with van der Waals surface area (Å²) in [7, 11) is 0. The number of carbonyl (C=O) groups excluding carboxylic acids is 1. The molecule has 43 heavy (non-hydrogen) atoms. The van der Waals surface area contributed by atoms with Gasteiger partial charge in [-0.05, 0) is 64.2 Å². The van der Waals surface area contributed by atoms with Crippen molar-refractivity contribution in [3.05, 3.63) is 24.3 Å². The lowest BCUT2D eigenvalue weighted by molar-refractivity contribution is -0.124. The molecule has 0 radical (unpaired) electrons. The van der Waals surface area contributed by atoms with Crippen LogP contribution in [0.3, 0.4) is 0 Å². The number of nitrogens with one attached hydrogen (secondary N) is 1. The van der Waals surface area contributed by atoms with Gasteiger partial charge in [-0.2, -0.15) is 0 Å². The number of carbonyl (C=O) groups is 1. The third-order valence-corrected chi connectivity index (χ3v) is 8.53. The molecule has 0 aliphatic heterocycles. The summed E-state index contributed by atoms with van der Waals surface area (Å²) >= 11 is 0. The summed E-state index contributed by atoms with van der Waals surface area (Å²) in [5, 5.41) is 33.3. The summed E-state index contributed by atoms with van der Waals surface area (Å²) in [5.41, 5.74) is 0. The third-order valence-electron chi connectivity index (χ3n) is 8.53. The Balaban J connectivity index is 3.73. The molecule has 0 aromatic heterocycles. The third kappa shape index (κ3) is 29.3. The van der Waals surface area contributed by atoms with Crippen molar-refractivity contribution in [2.45, 2.75) is 205 Å². The van der Waals surface area contributed by atoms with Crippen LogP contribution in [0.4, 0.5) is 0 Å². The molecule has 0 aliphatic rings. The van der Waals surface area contributed by atoms with Crippen LogP contribution in [0.2, 0.25) is 0 Å². The second kappa shape index (κ2) is 33.7. The predicted molar refractivity (Wildman–Crippen MR) is 185 cm³/mol. The van der Waals surface area contributed by atoms with Crippen LogP contribution in [-0.4, -0.2) is 46.1 Å². The molecule has 5 nitrogen and oxygen atoms in total. The van der Waals surface area contributed by atoms with Crippen LogP contribution < -0.4 is 5.32 Å². The summed E-state index contributed by atoms with van der Waals surface area (Å²) in [5.74, 6) is -0.161. The molecule has 254 valence electrons. The van der Waals surface area contributed by atoms with Crippen molar-refractivity contribution in [1.29, 1.82) is 0 Å². The minimum atomic E-state index is -1.16. The zero-order valence-corrected chi connectivity index (χ0v) is 28.6. The molecule has 5 heteroatoms. The first-order valence-electron chi connectivity index (χ1n) is 18.6. The number of unbranched alkanes of at least 4 members (excludes halogenated alkanes) is 21. The Labute approximate surface area is 267 Å². The monoisotopic (exact) mass is 608 g/mol. The predicted octanol–water partition coefficient (Wildman–Crippen LogP) is 9.87. The minimum Gasteiger partial charge on any atom is -0.394 e. The van der Waals surface area contributed by atoms with Crippen LogP contribution in [0.5, 0.6) is 0 Å². The first-order chi connectivity index (χ1) is 21.1. The molecule has 0 saturated heterocycles. The van der Waals surface area contributed by atoms with Gasteiger partial charge in [-0.1, -0.05) is 141 Å². The highest BCUT2D eigenvalue weighted by atomic mass is 16.3. The van der Waals surface area contributed by atoms with Crippen LogP contribution in [0.15, 0.2) is 24.3 Å². The van der Waals surface area contributed by atoms with Gasteiger partial charge in [-0.3, -0.25) is 4.79 Å². The highest BCUT2D eigenvalue weighted by molar-refractivity contribution is 5.76. The molecule has 3 unspecified atom stereocenters. The van der Waals surface area contributed by atoms with Crippen molar-refractivity contribution in [1.82, 2.24) is 5.32 Å². The molecule has 0 heterocycles. The molecule has 0 aromatic carbocycles. The number of aliphatic hydroxyl groups excluding tert-OH is 3. The molecule has 4 N–H and O–H groups in total. The van der Waals surface area contributed by atoms with Gasteiger partial charge in [0, 0.05) is 6.42 Å². The lowest BCUT2D eigenvalue weighted by atomic mass is 10.0. The van der Waals surface area contributed by atoms with Crippen molar-refractivity contribution in [2.24, 2.45) is 0 Å². The Bertz CT molecular complexity index is 635. The second-order valence-corrected chi connectivity index (χ2v) is 12.8. The maximum absolute atomic E-state index is 12.3. The highest BCUT2D eigenvalue weighted by Crippen LogP contribution is 2.13. The van der Waals surface area contributed by atoms with Crippen molar-refractivity contribution >= 4 is 5.91 Å². The van der Waals surface area contributed by atoms with Gasteiger partial charge in [0.15, 0.2) is 0 Å². The standard InChI is InChI=1S/C38H73NO4/c1-3-5-7-9-11-13-15-17-18-19-20-21-23-25-27-29-31-33-37(42)39-35(34-40)38(43)36(41)32-30-28-26-24-22-16-14-12-10-8-6-4-2/h17-18,24,26,35-36,38,40-41,43H,3-16,19-23,25,27-34H2,1-2H3,(H,39,42). The largest absolute Gasteiger partial charge is 0.394 e. The van der Waals surface area contributed by atoms with Crippen molar-refractivity contribution < 1.29 is 20.1 Å². The zero-order valence-electron chi connectivity index (χ0n) is 28.6. The first kappa shape index (κ1) is 41.8. The van der Waals surface area contributed by atoms with Gasteiger partial charge in [0.25, 0.3) is 0 Å². The zero-order chi connectivity index (χ0) is 31.6. The van der Waals surface area contributed by atoms with Gasteiger partial charge < -0.3 is 20.6 Å². The highest BCUT2D eigenvalue weighted by Gasteiger charge is 2.26. The van der Waals surface area contributed by atoms with E-state index in [4.69, 9.17) is 0 Å². The number of hydrogen-bond donors (Lipinski definition) is 4. The van der Waals surface area contributed by atoms with Crippen LogP contribution >= 0.6 is 0 Å². The van der Waals surface area contributed by atoms with Gasteiger partial charge in [0.1, 0.15) is 6.10 Å². The summed E-state index contributed by atoms with van der Waals surface area (Å²) in [6.45, 7) is 4.13. The van der Waals surface area contributed by atoms with Gasteiger partial charge in [-0.15, -0.1) is 0 Å². The second-order valence-electron chi connectivity index (χ2n) is 12.8. The molecular weight excluding hydrogens is 534 g/mol. The van der Waals surface area contributed by atoms with Crippen molar-refractivity contribution in [2.75, 3.05) is 6.61 Å². The number of aliphatic hydroxyl groups is 3. The number of hydrogen-bond acceptors (Lipinski definition) is 4. The number of rotatable bonds is 33. The van der Waals surface area contributed by atoms with E-state index >= 15 is 0 Å². The lowest BCUT2D eigenvalue weighted by Gasteiger charge is -2.26. The summed E-state index contributed by atoms with van der Waals surface area (Å²) in [6, 6.07) is -0.824. The molecule has 0 bridgehead atoms. The van der Waals surface area contributed by atoms with Gasteiger partial charge in [0.2, 0.25) is 5.91 Å². The Morgan fingerprint density at radius 3 is 1.35 bits per heavy atom. The number of allylic oxidation sites excluding steroid dienone is 4. The molecular formula is C38H73NO4. The molecule has 0 aromatic rings. The van der Waals surface area contributed by atoms with Crippen molar-refractivity contribution in [3.63, 3.8) is 0 Å². The van der Waals surface area contributed by atoms with E-state index in [1.54, 1.807) is 0 Å². The minimum absolute atomic E-state index is 0.161. The van der Waals surface area contributed by atoms with E-state index < -0.39 is 18.2 Å². The fraction of sp³-hybridized carbons (Fsp3) is 0.868. The number of amides is 1. The fourth-order valence-corrected chi connectivity index (χ4v) is 5.57. The summed E-state index contributed by atoms with van der Waals surface area (Å²) < 4.78 is 0. The van der Waals surface area contributed by atoms with E-state index in [9.17, 15) is 20.1 Å². The van der Waals surface area contributed by atoms with E-state index in [2.05, 4.69) is 43.5 Å². The average molecular weight is 608 g/mol. The maximum atomic E-state index is 12.3. The average Bonchev–Trinajstić information content (AvgIpc) is 3.01. The summed E-state index contributed by atoms with van der Waals surface area (Å²) in [4.78, 5) is 12.3. The molecule has 0 aliphatic carbocycles. The Morgan fingerprint density at radius 2 is 0.930 bits per heavy atom. The molecule has 1 amide bonds. The van der Waals surface area contributed by atoms with Crippen LogP contribution in [-0.2, 0) is 4.79 Å². The van der Waals surface area contributed by atoms with Crippen LogP contribution in [0.1, 0.15) is 187 Å². The SMILES string of the molecule is CCCCCCCCC=CCCCCCCCCCC(=O)NC(CO)C(O)C(O)CCCC=CCCCCCCCCC. The Morgan fingerprint density at radius 1 is 0.558 bits per heavy atom. The van der Waals surface area contributed by atoms with Crippen LogP contribution in [0.25, 0.3) is 0 Å². The van der Waals surface area contributed by atoms with E-state index in [0.29, 0.717) is 12.8 Å². The van der Waals surface area contributed by atoms with Crippen molar-refractivity contribution in [3.8, 4) is 0 Å². The van der Waals surface area contributed by atoms with Crippen LogP contribution in [0, 0.1) is 0 Å². The first-order valence-corrected chi connectivity index (χ1v) is 18.6. The normalized spacial score (nSPS) is 14.1. The molecule has 0 rings (SSSR count). The van der Waals surface area contributed by atoms with E-state index in [0.717, 1.165) is 38.5 Å². The Kier molecular flexibility index (Phi) is 32.8. The quantitative estimate of drug-likeness (QED) is 0.0441. The van der Waals surface area contributed by atoms with E-state index in [-0.39, 0.29) is 12.5 Å². The van der Waals surface area contributed by atoms with Gasteiger partial charge >= 0.3 is 0 Å². The topological polar surface area (TPSA) is 89.8 Å². The molecule has 3 atom stereocenters.